The lowest BCUT2D eigenvalue weighted by Crippen LogP contribution is -1.99. The van der Waals surface area contributed by atoms with E-state index in [0.717, 1.165) is 30.8 Å². The van der Waals surface area contributed by atoms with E-state index in [-0.39, 0.29) is 4.29 Å². The topological polar surface area (TPSA) is 9.23 Å². The van der Waals surface area contributed by atoms with E-state index in [0.29, 0.717) is 0 Å². The first-order valence-electron chi connectivity index (χ1n) is 4.75. The summed E-state index contributed by atoms with van der Waals surface area (Å²) in [7, 11) is 0. The largest absolute Gasteiger partial charge is 0.493 e. The van der Waals surface area contributed by atoms with Crippen molar-refractivity contribution in [3.8, 4) is 5.75 Å². The summed E-state index contributed by atoms with van der Waals surface area (Å²) in [5.41, 5.74) is 0.991. The summed E-state index contributed by atoms with van der Waals surface area (Å²) in [6, 6.07) is 7.82. The number of benzene rings is 1. The van der Waals surface area contributed by atoms with Crippen molar-refractivity contribution in [3.63, 3.8) is 0 Å². The van der Waals surface area contributed by atoms with Gasteiger partial charge in [-0.2, -0.15) is 0 Å². The molecule has 0 bridgehead atoms. The third-order valence-corrected chi connectivity index (χ3v) is 2.64. The third kappa shape index (κ3) is 3.50. The zero-order valence-corrected chi connectivity index (χ0v) is 10.5. The molecule has 0 fully saturated rings. The number of hydrogen-bond acceptors (Lipinski definition) is 1. The zero-order chi connectivity index (χ0) is 10.4. The van der Waals surface area contributed by atoms with Crippen LogP contribution in [0.5, 0.6) is 5.75 Å². The molecule has 0 amide bonds. The molecule has 0 aliphatic rings. The minimum absolute atomic E-state index is 0.180. The Morgan fingerprint density at radius 1 is 1.43 bits per heavy atom. The normalized spacial score (nSPS) is 12.5. The van der Waals surface area contributed by atoms with Crippen LogP contribution in [0.3, 0.4) is 0 Å². The van der Waals surface area contributed by atoms with Gasteiger partial charge in [0, 0.05) is 5.56 Å². The Bertz CT molecular complexity index is 276. The molecule has 1 nitrogen and oxygen atoms in total. The van der Waals surface area contributed by atoms with Crippen molar-refractivity contribution < 1.29 is 4.74 Å². The Morgan fingerprint density at radius 2 is 2.14 bits per heavy atom. The maximum Gasteiger partial charge on any atom is 0.124 e. The molecule has 0 aliphatic heterocycles. The first-order chi connectivity index (χ1) is 6.75. The molecule has 0 aliphatic carbocycles. The van der Waals surface area contributed by atoms with Gasteiger partial charge in [0.15, 0.2) is 0 Å². The number of halogens is 2. The lowest BCUT2D eigenvalue weighted by atomic mass is 10.2. The molecule has 1 unspecified atom stereocenters. The highest BCUT2D eigenvalue weighted by atomic mass is 79.9. The van der Waals surface area contributed by atoms with E-state index < -0.39 is 0 Å². The molecule has 1 atom stereocenters. The zero-order valence-electron chi connectivity index (χ0n) is 8.17. The van der Waals surface area contributed by atoms with Gasteiger partial charge >= 0.3 is 0 Å². The summed E-state index contributed by atoms with van der Waals surface area (Å²) in [5.74, 6) is 0.873. The van der Waals surface area contributed by atoms with E-state index in [2.05, 4.69) is 22.9 Å². The number of para-hydroxylation sites is 1. The van der Waals surface area contributed by atoms with E-state index in [9.17, 15) is 0 Å². The molecule has 3 heteroatoms. The fourth-order valence-electron chi connectivity index (χ4n) is 1.12. The van der Waals surface area contributed by atoms with Crippen molar-refractivity contribution in [2.45, 2.75) is 24.1 Å². The molecular formula is C11H14BrClO. The van der Waals surface area contributed by atoms with Gasteiger partial charge in [-0.25, -0.2) is 0 Å². The van der Waals surface area contributed by atoms with Crippen molar-refractivity contribution in [1.29, 1.82) is 0 Å². The summed E-state index contributed by atoms with van der Waals surface area (Å²) in [5, 5.41) is 0. The van der Waals surface area contributed by atoms with Crippen molar-refractivity contribution in [3.05, 3.63) is 29.8 Å². The Labute approximate surface area is 98.5 Å². The van der Waals surface area contributed by atoms with Crippen LogP contribution >= 0.6 is 27.5 Å². The molecular weight excluding hydrogens is 263 g/mol. The maximum absolute atomic E-state index is 5.96. The number of alkyl halides is 2. The van der Waals surface area contributed by atoms with E-state index in [4.69, 9.17) is 16.3 Å². The standard InChI is InChI=1S/C11H14BrClO/c1-2-3-8-14-10-7-5-4-6-9(10)11(12)13/h4-7,11H,2-3,8H2,1H3. The number of hydrogen-bond donors (Lipinski definition) is 0. The highest BCUT2D eigenvalue weighted by Crippen LogP contribution is 2.33. The summed E-state index contributed by atoms with van der Waals surface area (Å²) in [6.07, 6.45) is 2.21. The maximum atomic E-state index is 5.96. The minimum atomic E-state index is -0.180. The van der Waals surface area contributed by atoms with E-state index >= 15 is 0 Å². The second kappa shape index (κ2) is 6.31. The first kappa shape index (κ1) is 11.9. The highest BCUT2D eigenvalue weighted by Gasteiger charge is 2.08. The van der Waals surface area contributed by atoms with Gasteiger partial charge in [-0.15, -0.1) is 11.6 Å². The molecule has 14 heavy (non-hydrogen) atoms. The predicted molar refractivity (Wildman–Crippen MR) is 64.4 cm³/mol. The van der Waals surface area contributed by atoms with Crippen molar-refractivity contribution >= 4 is 27.5 Å². The van der Waals surface area contributed by atoms with Gasteiger partial charge < -0.3 is 4.74 Å². The van der Waals surface area contributed by atoms with E-state index in [1.54, 1.807) is 0 Å². The quantitative estimate of drug-likeness (QED) is 0.569. The monoisotopic (exact) mass is 276 g/mol. The van der Waals surface area contributed by atoms with Gasteiger partial charge in [0.1, 0.15) is 10.0 Å². The Kier molecular flexibility index (Phi) is 5.34. The van der Waals surface area contributed by atoms with Gasteiger partial charge in [-0.05, 0) is 12.5 Å². The molecule has 1 rings (SSSR count). The second-order valence-electron chi connectivity index (χ2n) is 3.04. The van der Waals surface area contributed by atoms with Crippen LogP contribution in [0.25, 0.3) is 0 Å². The fourth-order valence-corrected chi connectivity index (χ4v) is 1.68. The van der Waals surface area contributed by atoms with Crippen LogP contribution in [0.4, 0.5) is 0 Å². The van der Waals surface area contributed by atoms with Crippen LogP contribution in [0, 0.1) is 0 Å². The summed E-state index contributed by atoms with van der Waals surface area (Å²) < 4.78 is 5.44. The number of unbranched alkanes of at least 4 members (excludes halogenated alkanes) is 1. The lowest BCUT2D eigenvalue weighted by Gasteiger charge is -2.11. The third-order valence-electron chi connectivity index (χ3n) is 1.91. The Balaban J connectivity index is 2.64. The number of ether oxygens (including phenoxy) is 1. The van der Waals surface area contributed by atoms with Gasteiger partial charge in [0.25, 0.3) is 0 Å². The SMILES string of the molecule is CCCCOc1ccccc1C(Cl)Br. The van der Waals surface area contributed by atoms with Gasteiger partial charge in [0.05, 0.1) is 6.61 Å². The minimum Gasteiger partial charge on any atom is -0.493 e. The summed E-state index contributed by atoms with van der Waals surface area (Å²) in [6.45, 7) is 2.90. The van der Waals surface area contributed by atoms with Gasteiger partial charge in [-0.3, -0.25) is 0 Å². The molecule has 0 heterocycles. The van der Waals surface area contributed by atoms with Gasteiger partial charge in [-0.1, -0.05) is 47.5 Å². The molecule has 1 aromatic carbocycles. The first-order valence-corrected chi connectivity index (χ1v) is 6.10. The molecule has 0 radical (unpaired) electrons. The fraction of sp³-hybridized carbons (Fsp3) is 0.455. The van der Waals surface area contributed by atoms with Crippen LogP contribution in [0.15, 0.2) is 24.3 Å². The van der Waals surface area contributed by atoms with Crippen molar-refractivity contribution in [2.24, 2.45) is 0 Å². The molecule has 0 N–H and O–H groups in total. The average Bonchev–Trinajstić information content (AvgIpc) is 2.19. The van der Waals surface area contributed by atoms with E-state index in [1.165, 1.54) is 0 Å². The summed E-state index contributed by atoms with van der Waals surface area (Å²) in [4.78, 5) is 0. The van der Waals surface area contributed by atoms with Crippen LogP contribution in [0.2, 0.25) is 0 Å². The molecule has 0 spiro atoms. The predicted octanol–water partition coefficient (Wildman–Crippen LogP) is 4.50. The molecule has 0 saturated carbocycles. The summed E-state index contributed by atoms with van der Waals surface area (Å²) >= 11 is 9.29. The molecule has 0 aromatic heterocycles. The second-order valence-corrected chi connectivity index (χ2v) is 4.92. The Morgan fingerprint density at radius 3 is 2.79 bits per heavy atom. The van der Waals surface area contributed by atoms with Crippen LogP contribution in [0.1, 0.15) is 29.6 Å². The van der Waals surface area contributed by atoms with E-state index in [1.807, 2.05) is 24.3 Å². The molecule has 0 saturated heterocycles. The van der Waals surface area contributed by atoms with Crippen molar-refractivity contribution in [1.82, 2.24) is 0 Å². The molecule has 78 valence electrons. The lowest BCUT2D eigenvalue weighted by molar-refractivity contribution is 0.307. The van der Waals surface area contributed by atoms with Crippen molar-refractivity contribution in [2.75, 3.05) is 6.61 Å². The molecule has 1 aromatic rings. The van der Waals surface area contributed by atoms with Crippen LogP contribution in [-0.4, -0.2) is 6.61 Å². The number of rotatable bonds is 5. The smallest absolute Gasteiger partial charge is 0.124 e. The highest BCUT2D eigenvalue weighted by molar-refractivity contribution is 9.09. The average molecular weight is 278 g/mol. The van der Waals surface area contributed by atoms with Gasteiger partial charge in [0.2, 0.25) is 0 Å². The van der Waals surface area contributed by atoms with Crippen LogP contribution in [-0.2, 0) is 0 Å². The Hall–Kier alpha value is -0.210. The van der Waals surface area contributed by atoms with Crippen LogP contribution < -0.4 is 4.74 Å².